The molecule has 0 aliphatic rings. The predicted octanol–water partition coefficient (Wildman–Crippen LogP) is 6.79. The number of carboxylic acids is 1. The summed E-state index contributed by atoms with van der Waals surface area (Å²) < 4.78 is 0. The molecule has 0 heterocycles. The Hall–Kier alpha value is -0.356. The van der Waals surface area contributed by atoms with E-state index in [-0.39, 0.29) is 5.04 Å². The summed E-state index contributed by atoms with van der Waals surface area (Å²) in [6.07, 6.45) is 3.21. The Morgan fingerprint density at radius 1 is 1.00 bits per heavy atom. The average molecular weight is 357 g/mol. The molecule has 23 heavy (non-hydrogen) atoms. The SMILES string of the molecule is CC(=CC(CC[Si](C)(C)C(C)(C)C)[Si](C)(C)C(C)(C)C)C(=O)O. The smallest absolute Gasteiger partial charge is 0.330 e. The summed E-state index contributed by atoms with van der Waals surface area (Å²) >= 11 is 0. The molecular formula is C19H40O2Si2. The van der Waals surface area contributed by atoms with Gasteiger partial charge in [-0.15, -0.1) is 0 Å². The van der Waals surface area contributed by atoms with Gasteiger partial charge in [0, 0.05) is 5.57 Å². The standard InChI is InChI=1S/C19H40O2Si2/c1-15(17(20)21)14-16(23(10,11)19(5,6)7)12-13-22(8,9)18(2,3)4/h14,16H,12-13H2,1-11H3,(H,20,21). The third-order valence-electron chi connectivity index (χ3n) is 6.76. The first kappa shape index (κ1) is 22.6. The van der Waals surface area contributed by atoms with E-state index in [0.29, 0.717) is 16.2 Å². The molecule has 0 aliphatic carbocycles. The van der Waals surface area contributed by atoms with Crippen molar-refractivity contribution >= 4 is 22.1 Å². The van der Waals surface area contributed by atoms with Gasteiger partial charge in [0.2, 0.25) is 0 Å². The van der Waals surface area contributed by atoms with Crippen molar-refractivity contribution in [2.45, 2.75) is 103 Å². The Labute approximate surface area is 146 Å². The van der Waals surface area contributed by atoms with Crippen molar-refractivity contribution in [3.05, 3.63) is 11.6 Å². The molecule has 0 aromatic heterocycles. The molecule has 0 radical (unpaired) electrons. The fraction of sp³-hybridized carbons (Fsp3) is 0.842. The van der Waals surface area contributed by atoms with Crippen LogP contribution >= 0.6 is 0 Å². The van der Waals surface area contributed by atoms with Crippen molar-refractivity contribution in [2.24, 2.45) is 0 Å². The molecule has 4 heteroatoms. The van der Waals surface area contributed by atoms with Crippen molar-refractivity contribution in [2.75, 3.05) is 0 Å². The van der Waals surface area contributed by atoms with Gasteiger partial charge >= 0.3 is 5.97 Å². The van der Waals surface area contributed by atoms with Crippen LogP contribution in [0.2, 0.25) is 47.8 Å². The number of allylic oxidation sites excluding steroid dienone is 1. The second-order valence-electron chi connectivity index (χ2n) is 10.4. The van der Waals surface area contributed by atoms with Crippen LogP contribution in [0.25, 0.3) is 0 Å². The van der Waals surface area contributed by atoms with E-state index in [1.165, 1.54) is 6.04 Å². The number of carbonyl (C=O) groups is 1. The van der Waals surface area contributed by atoms with Crippen LogP contribution in [-0.2, 0) is 4.79 Å². The number of carboxylic acid groups (broad SMARTS) is 1. The van der Waals surface area contributed by atoms with Gasteiger partial charge in [-0.3, -0.25) is 0 Å². The first-order valence-corrected chi connectivity index (χ1v) is 15.1. The minimum Gasteiger partial charge on any atom is -0.478 e. The lowest BCUT2D eigenvalue weighted by Gasteiger charge is -2.44. The third-order valence-corrected chi connectivity index (χ3v) is 18.5. The van der Waals surface area contributed by atoms with E-state index < -0.39 is 22.1 Å². The van der Waals surface area contributed by atoms with E-state index in [2.05, 4.69) is 73.8 Å². The second-order valence-corrected chi connectivity index (χ2v) is 21.9. The van der Waals surface area contributed by atoms with E-state index in [1.807, 2.05) is 0 Å². The quantitative estimate of drug-likeness (QED) is 0.420. The van der Waals surface area contributed by atoms with Crippen molar-refractivity contribution in [3.8, 4) is 0 Å². The van der Waals surface area contributed by atoms with E-state index >= 15 is 0 Å². The highest BCUT2D eigenvalue weighted by molar-refractivity contribution is 6.83. The molecule has 0 aliphatic heterocycles. The molecule has 0 rings (SSSR count). The zero-order valence-electron chi connectivity index (χ0n) is 17.4. The molecule has 0 aromatic carbocycles. The van der Waals surface area contributed by atoms with Crippen LogP contribution in [0.15, 0.2) is 11.6 Å². The van der Waals surface area contributed by atoms with Gasteiger partial charge in [-0.05, 0) is 22.5 Å². The van der Waals surface area contributed by atoms with Crippen LogP contribution in [0.1, 0.15) is 54.9 Å². The summed E-state index contributed by atoms with van der Waals surface area (Å²) in [4.78, 5) is 11.3. The molecule has 0 spiro atoms. The molecule has 2 nitrogen and oxygen atoms in total. The molecule has 1 N–H and O–H groups in total. The van der Waals surface area contributed by atoms with E-state index in [9.17, 15) is 9.90 Å². The average Bonchev–Trinajstić information content (AvgIpc) is 2.30. The molecule has 0 bridgehead atoms. The Balaban J connectivity index is 5.58. The monoisotopic (exact) mass is 356 g/mol. The molecule has 1 unspecified atom stereocenters. The molecule has 0 saturated carbocycles. The maximum absolute atomic E-state index is 11.3. The highest BCUT2D eigenvalue weighted by Gasteiger charge is 2.43. The van der Waals surface area contributed by atoms with Crippen molar-refractivity contribution in [1.29, 1.82) is 0 Å². The second kappa shape index (κ2) is 7.26. The zero-order valence-corrected chi connectivity index (χ0v) is 19.4. The molecule has 0 saturated heterocycles. The number of rotatable bonds is 6. The predicted molar refractivity (Wildman–Crippen MR) is 109 cm³/mol. The minimum atomic E-state index is -1.62. The van der Waals surface area contributed by atoms with Gasteiger partial charge < -0.3 is 5.11 Å². The van der Waals surface area contributed by atoms with Crippen LogP contribution < -0.4 is 0 Å². The van der Waals surface area contributed by atoms with Crippen molar-refractivity contribution in [1.82, 2.24) is 0 Å². The lowest BCUT2D eigenvalue weighted by Crippen LogP contribution is -2.43. The highest BCUT2D eigenvalue weighted by Crippen LogP contribution is 2.48. The van der Waals surface area contributed by atoms with Gasteiger partial charge in [0.1, 0.15) is 0 Å². The van der Waals surface area contributed by atoms with Crippen molar-refractivity contribution in [3.63, 3.8) is 0 Å². The summed E-state index contributed by atoms with van der Waals surface area (Å²) in [7, 11) is -2.96. The van der Waals surface area contributed by atoms with E-state index in [0.717, 1.165) is 6.42 Å². The summed E-state index contributed by atoms with van der Waals surface area (Å²) in [6.45, 7) is 25.6. The van der Waals surface area contributed by atoms with Crippen LogP contribution in [-0.4, -0.2) is 27.2 Å². The van der Waals surface area contributed by atoms with Gasteiger partial charge in [0.05, 0.1) is 16.1 Å². The maximum Gasteiger partial charge on any atom is 0.330 e. The number of hydrogen-bond acceptors (Lipinski definition) is 1. The van der Waals surface area contributed by atoms with Gasteiger partial charge in [0.25, 0.3) is 0 Å². The van der Waals surface area contributed by atoms with Crippen LogP contribution in [0, 0.1) is 0 Å². The highest BCUT2D eigenvalue weighted by atomic mass is 28.3. The van der Waals surface area contributed by atoms with E-state index in [1.54, 1.807) is 6.92 Å². The fourth-order valence-electron chi connectivity index (χ4n) is 2.47. The van der Waals surface area contributed by atoms with Gasteiger partial charge in [0.15, 0.2) is 0 Å². The van der Waals surface area contributed by atoms with Crippen LogP contribution in [0.3, 0.4) is 0 Å². The normalized spacial score (nSPS) is 16.4. The molecular weight excluding hydrogens is 316 g/mol. The summed E-state index contributed by atoms with van der Waals surface area (Å²) in [5.41, 5.74) is 0.933. The number of hydrogen-bond donors (Lipinski definition) is 1. The molecule has 0 fully saturated rings. The third kappa shape index (κ3) is 5.89. The first-order chi connectivity index (χ1) is 9.93. The summed E-state index contributed by atoms with van der Waals surface area (Å²) in [5.74, 6) is -0.777. The van der Waals surface area contributed by atoms with Crippen LogP contribution in [0.5, 0.6) is 0 Å². The minimum absolute atomic E-state index is 0.264. The lowest BCUT2D eigenvalue weighted by molar-refractivity contribution is -0.132. The Kier molecular flexibility index (Phi) is 7.15. The molecule has 136 valence electrons. The number of aliphatic carboxylic acids is 1. The topological polar surface area (TPSA) is 37.3 Å². The molecule has 0 aromatic rings. The Bertz CT molecular complexity index is 449. The fourth-order valence-corrected chi connectivity index (χ4v) is 7.19. The first-order valence-electron chi connectivity index (χ1n) is 8.85. The lowest BCUT2D eigenvalue weighted by atomic mass is 10.2. The van der Waals surface area contributed by atoms with Gasteiger partial charge in [-0.2, -0.15) is 0 Å². The molecule has 0 amide bonds. The van der Waals surface area contributed by atoms with Crippen molar-refractivity contribution < 1.29 is 9.90 Å². The zero-order chi connectivity index (χ0) is 18.9. The summed E-state index contributed by atoms with van der Waals surface area (Å²) in [5, 5.41) is 9.96. The van der Waals surface area contributed by atoms with Gasteiger partial charge in [-0.1, -0.05) is 86.3 Å². The largest absolute Gasteiger partial charge is 0.478 e. The molecule has 1 atom stereocenters. The summed E-state index contributed by atoms with van der Waals surface area (Å²) in [6, 6.07) is 1.26. The maximum atomic E-state index is 11.3. The van der Waals surface area contributed by atoms with E-state index in [4.69, 9.17) is 0 Å². The Morgan fingerprint density at radius 2 is 1.43 bits per heavy atom. The Morgan fingerprint density at radius 3 is 1.74 bits per heavy atom. The van der Waals surface area contributed by atoms with Gasteiger partial charge in [-0.25, -0.2) is 4.79 Å². The van der Waals surface area contributed by atoms with Crippen LogP contribution in [0.4, 0.5) is 0 Å².